The van der Waals surface area contributed by atoms with Crippen molar-refractivity contribution in [2.45, 2.75) is 6.92 Å². The molecule has 0 spiro atoms. The first-order valence-electron chi connectivity index (χ1n) is 6.88. The van der Waals surface area contributed by atoms with E-state index < -0.39 is 0 Å². The van der Waals surface area contributed by atoms with Gasteiger partial charge in [0.05, 0.1) is 4.47 Å². The standard InChI is InChI=1S/C18H11BrClNO/c1-10-8-14(19)17-16(9-10)21-18(22-17)13-6-2-5-12-11(13)4-3-7-15(12)20/h2-9H,1H3. The summed E-state index contributed by atoms with van der Waals surface area (Å²) in [5.74, 6) is 0.606. The average Bonchev–Trinajstić information content (AvgIpc) is 2.91. The molecule has 2 nitrogen and oxygen atoms in total. The van der Waals surface area contributed by atoms with Crippen LogP contribution in [0.4, 0.5) is 0 Å². The summed E-state index contributed by atoms with van der Waals surface area (Å²) in [5, 5.41) is 2.76. The number of hydrogen-bond donors (Lipinski definition) is 0. The minimum atomic E-state index is 0.606. The van der Waals surface area contributed by atoms with Crippen LogP contribution in [-0.4, -0.2) is 4.98 Å². The quantitative estimate of drug-likeness (QED) is 0.388. The predicted octanol–water partition coefficient (Wildman–Crippen LogP) is 6.37. The summed E-state index contributed by atoms with van der Waals surface area (Å²) in [5.41, 5.74) is 3.70. The molecule has 0 radical (unpaired) electrons. The number of aryl methyl sites for hydroxylation is 1. The Morgan fingerprint density at radius 1 is 1.05 bits per heavy atom. The maximum absolute atomic E-state index is 6.28. The van der Waals surface area contributed by atoms with E-state index in [0.717, 1.165) is 42.5 Å². The number of hydrogen-bond acceptors (Lipinski definition) is 2. The number of halogens is 2. The van der Waals surface area contributed by atoms with Gasteiger partial charge in [-0.3, -0.25) is 0 Å². The number of fused-ring (bicyclic) bond motifs is 2. The molecule has 1 aromatic heterocycles. The predicted molar refractivity (Wildman–Crippen MR) is 94.4 cm³/mol. The van der Waals surface area contributed by atoms with E-state index in [1.807, 2.05) is 55.5 Å². The minimum Gasteiger partial charge on any atom is -0.435 e. The summed E-state index contributed by atoms with van der Waals surface area (Å²) in [4.78, 5) is 4.64. The van der Waals surface area contributed by atoms with Gasteiger partial charge >= 0.3 is 0 Å². The SMILES string of the molecule is Cc1cc(Br)c2oc(-c3cccc4c(Cl)cccc34)nc2c1. The van der Waals surface area contributed by atoms with Crippen LogP contribution in [0.15, 0.2) is 57.4 Å². The third-order valence-electron chi connectivity index (χ3n) is 3.69. The molecular weight excluding hydrogens is 362 g/mol. The van der Waals surface area contributed by atoms with Gasteiger partial charge in [0.15, 0.2) is 5.58 Å². The monoisotopic (exact) mass is 371 g/mol. The van der Waals surface area contributed by atoms with Crippen LogP contribution < -0.4 is 0 Å². The number of nitrogens with zero attached hydrogens (tertiary/aromatic N) is 1. The van der Waals surface area contributed by atoms with Gasteiger partial charge in [0.2, 0.25) is 5.89 Å². The molecule has 108 valence electrons. The van der Waals surface area contributed by atoms with Gasteiger partial charge in [-0.2, -0.15) is 0 Å². The first-order chi connectivity index (χ1) is 10.6. The number of aromatic nitrogens is 1. The normalized spacial score (nSPS) is 11.4. The van der Waals surface area contributed by atoms with Crippen LogP contribution in [-0.2, 0) is 0 Å². The van der Waals surface area contributed by atoms with Gasteiger partial charge in [0.25, 0.3) is 0 Å². The number of rotatable bonds is 1. The molecule has 3 aromatic carbocycles. The molecule has 0 amide bonds. The highest BCUT2D eigenvalue weighted by molar-refractivity contribution is 9.10. The molecule has 0 bridgehead atoms. The van der Waals surface area contributed by atoms with E-state index in [9.17, 15) is 0 Å². The van der Waals surface area contributed by atoms with Crippen molar-refractivity contribution in [3.63, 3.8) is 0 Å². The lowest BCUT2D eigenvalue weighted by molar-refractivity contribution is 0.619. The van der Waals surface area contributed by atoms with Crippen molar-refractivity contribution in [1.82, 2.24) is 4.98 Å². The summed E-state index contributed by atoms with van der Waals surface area (Å²) in [6.07, 6.45) is 0. The van der Waals surface area contributed by atoms with Gasteiger partial charge in [0.1, 0.15) is 5.52 Å². The minimum absolute atomic E-state index is 0.606. The average molecular weight is 373 g/mol. The van der Waals surface area contributed by atoms with E-state index in [-0.39, 0.29) is 0 Å². The maximum Gasteiger partial charge on any atom is 0.228 e. The number of benzene rings is 3. The fourth-order valence-corrected chi connectivity index (χ4v) is 3.58. The van der Waals surface area contributed by atoms with E-state index in [1.54, 1.807) is 0 Å². The van der Waals surface area contributed by atoms with Crippen molar-refractivity contribution in [3.8, 4) is 11.5 Å². The van der Waals surface area contributed by atoms with Crippen LogP contribution in [0, 0.1) is 6.92 Å². The van der Waals surface area contributed by atoms with E-state index in [0.29, 0.717) is 5.89 Å². The summed E-state index contributed by atoms with van der Waals surface area (Å²) < 4.78 is 6.90. The zero-order chi connectivity index (χ0) is 15.3. The molecule has 0 aliphatic carbocycles. The lowest BCUT2D eigenvalue weighted by atomic mass is 10.0. The van der Waals surface area contributed by atoms with Crippen molar-refractivity contribution >= 4 is 49.4 Å². The molecule has 0 atom stereocenters. The van der Waals surface area contributed by atoms with E-state index in [1.165, 1.54) is 0 Å². The van der Waals surface area contributed by atoms with Gasteiger partial charge in [0, 0.05) is 16.0 Å². The lowest BCUT2D eigenvalue weighted by Gasteiger charge is -2.04. The molecule has 0 saturated carbocycles. The topological polar surface area (TPSA) is 26.0 Å². The molecule has 0 saturated heterocycles. The van der Waals surface area contributed by atoms with Crippen molar-refractivity contribution in [3.05, 3.63) is 63.6 Å². The van der Waals surface area contributed by atoms with Crippen LogP contribution in [0.5, 0.6) is 0 Å². The molecule has 0 N–H and O–H groups in total. The Labute approximate surface area is 140 Å². The Bertz CT molecular complexity index is 1020. The summed E-state index contributed by atoms with van der Waals surface area (Å²) in [7, 11) is 0. The van der Waals surface area contributed by atoms with E-state index in [4.69, 9.17) is 16.0 Å². The third kappa shape index (κ3) is 2.13. The second kappa shape index (κ2) is 5.11. The Hall–Kier alpha value is -1.84. The fourth-order valence-electron chi connectivity index (χ4n) is 2.70. The Kier molecular flexibility index (Phi) is 3.21. The van der Waals surface area contributed by atoms with Crippen molar-refractivity contribution in [1.29, 1.82) is 0 Å². The second-order valence-corrected chi connectivity index (χ2v) is 6.52. The molecule has 0 aliphatic rings. The molecule has 0 aliphatic heterocycles. The van der Waals surface area contributed by atoms with Crippen LogP contribution in [0.2, 0.25) is 5.02 Å². The van der Waals surface area contributed by atoms with Crippen molar-refractivity contribution in [2.75, 3.05) is 0 Å². The first kappa shape index (κ1) is 13.8. The summed E-state index contributed by atoms with van der Waals surface area (Å²) in [6.45, 7) is 2.04. The highest BCUT2D eigenvalue weighted by atomic mass is 79.9. The van der Waals surface area contributed by atoms with Gasteiger partial charge in [-0.25, -0.2) is 4.98 Å². The highest BCUT2D eigenvalue weighted by Crippen LogP contribution is 2.35. The fraction of sp³-hybridized carbons (Fsp3) is 0.0556. The summed E-state index contributed by atoms with van der Waals surface area (Å²) in [6, 6.07) is 15.9. The smallest absolute Gasteiger partial charge is 0.228 e. The van der Waals surface area contributed by atoms with Crippen molar-refractivity contribution in [2.24, 2.45) is 0 Å². The summed E-state index contributed by atoms with van der Waals surface area (Å²) >= 11 is 9.82. The second-order valence-electron chi connectivity index (χ2n) is 5.25. The molecule has 0 unspecified atom stereocenters. The van der Waals surface area contributed by atoms with Crippen LogP contribution >= 0.6 is 27.5 Å². The van der Waals surface area contributed by atoms with Crippen LogP contribution in [0.25, 0.3) is 33.3 Å². The molecule has 1 heterocycles. The molecule has 0 fully saturated rings. The molecular formula is C18H11BrClNO. The Balaban J connectivity index is 2.03. The van der Waals surface area contributed by atoms with Gasteiger partial charge in [-0.1, -0.05) is 35.9 Å². The third-order valence-corrected chi connectivity index (χ3v) is 4.61. The Morgan fingerprint density at radius 2 is 1.82 bits per heavy atom. The molecule has 4 aromatic rings. The highest BCUT2D eigenvalue weighted by Gasteiger charge is 2.14. The maximum atomic E-state index is 6.28. The van der Waals surface area contributed by atoms with E-state index in [2.05, 4.69) is 20.9 Å². The van der Waals surface area contributed by atoms with Crippen LogP contribution in [0.1, 0.15) is 5.56 Å². The zero-order valence-electron chi connectivity index (χ0n) is 11.7. The first-order valence-corrected chi connectivity index (χ1v) is 8.05. The lowest BCUT2D eigenvalue weighted by Crippen LogP contribution is -1.81. The van der Waals surface area contributed by atoms with Gasteiger partial charge in [-0.15, -0.1) is 0 Å². The zero-order valence-corrected chi connectivity index (χ0v) is 14.1. The largest absolute Gasteiger partial charge is 0.435 e. The molecule has 4 rings (SSSR count). The van der Waals surface area contributed by atoms with E-state index >= 15 is 0 Å². The Morgan fingerprint density at radius 3 is 2.68 bits per heavy atom. The van der Waals surface area contributed by atoms with Gasteiger partial charge in [-0.05, 0) is 58.1 Å². The van der Waals surface area contributed by atoms with Gasteiger partial charge < -0.3 is 4.42 Å². The van der Waals surface area contributed by atoms with Crippen molar-refractivity contribution < 1.29 is 4.42 Å². The number of oxazole rings is 1. The molecule has 22 heavy (non-hydrogen) atoms. The molecule has 4 heteroatoms. The van der Waals surface area contributed by atoms with Crippen LogP contribution in [0.3, 0.4) is 0 Å².